The molecule has 0 aliphatic carbocycles. The van der Waals surface area contributed by atoms with Crippen LogP contribution >= 0.6 is 11.6 Å². The van der Waals surface area contributed by atoms with E-state index in [-0.39, 0.29) is 11.3 Å². The molecule has 58 valence electrons. The number of carbonyl (C=O) groups excluding carboxylic acids is 1. The van der Waals surface area contributed by atoms with Crippen molar-refractivity contribution in [2.24, 2.45) is 0 Å². The second-order valence-electron chi connectivity index (χ2n) is 2.15. The van der Waals surface area contributed by atoms with Crippen LogP contribution in [0.1, 0.15) is 13.3 Å². The van der Waals surface area contributed by atoms with E-state index < -0.39 is 6.29 Å². The van der Waals surface area contributed by atoms with Gasteiger partial charge in [-0.05, 0) is 6.42 Å². The van der Waals surface area contributed by atoms with Crippen LogP contribution in [-0.2, 0) is 14.3 Å². The molecule has 0 amide bonds. The molecule has 0 bridgehead atoms. The van der Waals surface area contributed by atoms with Gasteiger partial charge in [-0.3, -0.25) is 4.79 Å². The van der Waals surface area contributed by atoms with Gasteiger partial charge in [0.25, 0.3) is 0 Å². The van der Waals surface area contributed by atoms with Crippen molar-refractivity contribution in [2.45, 2.75) is 25.0 Å². The molecular formula is C6H9ClO3. The van der Waals surface area contributed by atoms with Crippen LogP contribution in [0.4, 0.5) is 0 Å². The smallest absolute Gasteiger partial charge is 0.304 e. The Bertz CT molecular complexity index is 137. The summed E-state index contributed by atoms with van der Waals surface area (Å²) in [5, 5.41) is -0.177. The summed E-state index contributed by atoms with van der Waals surface area (Å²) in [5.41, 5.74) is 0. The molecule has 1 saturated heterocycles. The lowest BCUT2D eigenvalue weighted by molar-refractivity contribution is -0.166. The van der Waals surface area contributed by atoms with E-state index in [2.05, 4.69) is 0 Å². The molecule has 0 aromatic heterocycles. The molecule has 2 atom stereocenters. The lowest BCUT2D eigenvalue weighted by atomic mass is 10.3. The topological polar surface area (TPSA) is 35.5 Å². The molecule has 1 fully saturated rings. The normalized spacial score (nSPS) is 32.2. The van der Waals surface area contributed by atoms with Crippen molar-refractivity contribution in [3.63, 3.8) is 0 Å². The summed E-state index contributed by atoms with van der Waals surface area (Å²) in [6.45, 7) is 1.91. The quantitative estimate of drug-likeness (QED) is 0.427. The van der Waals surface area contributed by atoms with Crippen molar-refractivity contribution < 1.29 is 14.3 Å². The molecule has 1 rings (SSSR count). The van der Waals surface area contributed by atoms with E-state index in [1.807, 2.05) is 0 Å². The molecule has 0 radical (unpaired) electrons. The largest absolute Gasteiger partial charge is 0.434 e. The Morgan fingerprint density at radius 2 is 2.50 bits per heavy atom. The minimum absolute atomic E-state index is 0.177. The van der Waals surface area contributed by atoms with Gasteiger partial charge in [0.05, 0.1) is 12.0 Å². The van der Waals surface area contributed by atoms with Gasteiger partial charge in [-0.2, -0.15) is 0 Å². The van der Waals surface area contributed by atoms with Gasteiger partial charge in [-0.25, -0.2) is 0 Å². The molecule has 4 heteroatoms. The van der Waals surface area contributed by atoms with E-state index in [1.165, 1.54) is 6.92 Å². The molecule has 3 nitrogen and oxygen atoms in total. The Hall–Kier alpha value is -0.280. The average molecular weight is 165 g/mol. The van der Waals surface area contributed by atoms with Crippen LogP contribution in [0.5, 0.6) is 0 Å². The molecule has 1 heterocycles. The van der Waals surface area contributed by atoms with E-state index in [4.69, 9.17) is 21.1 Å². The number of hydrogen-bond acceptors (Lipinski definition) is 3. The highest BCUT2D eigenvalue weighted by atomic mass is 35.5. The van der Waals surface area contributed by atoms with Crippen molar-refractivity contribution in [1.29, 1.82) is 0 Å². The second kappa shape index (κ2) is 3.21. The van der Waals surface area contributed by atoms with Crippen LogP contribution < -0.4 is 0 Å². The van der Waals surface area contributed by atoms with Gasteiger partial charge >= 0.3 is 5.97 Å². The van der Waals surface area contributed by atoms with Crippen LogP contribution in [-0.4, -0.2) is 24.2 Å². The van der Waals surface area contributed by atoms with Crippen LogP contribution in [0, 0.1) is 0 Å². The Kier molecular flexibility index (Phi) is 2.51. The molecule has 1 aliphatic rings. The first-order valence-electron chi connectivity index (χ1n) is 3.13. The van der Waals surface area contributed by atoms with Crippen molar-refractivity contribution in [3.8, 4) is 0 Å². The molecule has 0 saturated carbocycles. The maximum Gasteiger partial charge on any atom is 0.304 e. The number of carbonyl (C=O) groups is 1. The third-order valence-electron chi connectivity index (χ3n) is 1.25. The Morgan fingerprint density at radius 3 is 2.90 bits per heavy atom. The average Bonchev–Trinajstić information content (AvgIpc) is 2.15. The third kappa shape index (κ3) is 1.85. The molecule has 0 spiro atoms. The number of halogens is 1. The minimum atomic E-state index is -0.529. The fourth-order valence-electron chi connectivity index (χ4n) is 0.809. The Labute approximate surface area is 64.3 Å². The first-order chi connectivity index (χ1) is 4.70. The molecule has 0 aromatic rings. The second-order valence-corrected chi connectivity index (χ2v) is 2.71. The summed E-state index contributed by atoms with van der Waals surface area (Å²) in [6, 6.07) is 0. The molecule has 0 aromatic carbocycles. The predicted octanol–water partition coefficient (Wildman–Crippen LogP) is 0.903. The van der Waals surface area contributed by atoms with Gasteiger partial charge in [0.1, 0.15) is 0 Å². The minimum Gasteiger partial charge on any atom is -0.434 e. The van der Waals surface area contributed by atoms with Gasteiger partial charge in [0, 0.05) is 6.92 Å². The van der Waals surface area contributed by atoms with Crippen molar-refractivity contribution >= 4 is 17.6 Å². The van der Waals surface area contributed by atoms with E-state index in [0.29, 0.717) is 6.61 Å². The first kappa shape index (κ1) is 7.82. The van der Waals surface area contributed by atoms with E-state index in [1.54, 1.807) is 0 Å². The van der Waals surface area contributed by atoms with Crippen molar-refractivity contribution in [1.82, 2.24) is 0 Å². The Balaban J connectivity index is 2.33. The van der Waals surface area contributed by atoms with Gasteiger partial charge in [0.2, 0.25) is 6.29 Å². The summed E-state index contributed by atoms with van der Waals surface area (Å²) in [5.74, 6) is -0.349. The zero-order valence-electron chi connectivity index (χ0n) is 5.67. The fourth-order valence-corrected chi connectivity index (χ4v) is 1.02. The highest BCUT2D eigenvalue weighted by Crippen LogP contribution is 2.19. The summed E-state index contributed by atoms with van der Waals surface area (Å²) < 4.78 is 9.73. The highest BCUT2D eigenvalue weighted by molar-refractivity contribution is 6.21. The molecule has 0 unspecified atom stereocenters. The lowest BCUT2D eigenvalue weighted by Crippen LogP contribution is -2.22. The summed E-state index contributed by atoms with van der Waals surface area (Å²) in [4.78, 5) is 10.4. The predicted molar refractivity (Wildman–Crippen MR) is 35.8 cm³/mol. The fraction of sp³-hybridized carbons (Fsp3) is 0.833. The SMILES string of the molecule is CC(=O)O[C@H]1OCC[C@@H]1Cl. The lowest BCUT2D eigenvalue weighted by Gasteiger charge is -2.11. The number of esters is 1. The summed E-state index contributed by atoms with van der Waals surface area (Å²) >= 11 is 5.72. The maximum atomic E-state index is 10.4. The number of alkyl halides is 1. The molecular weight excluding hydrogens is 156 g/mol. The van der Waals surface area contributed by atoms with Crippen LogP contribution in [0.2, 0.25) is 0 Å². The maximum absolute atomic E-state index is 10.4. The van der Waals surface area contributed by atoms with E-state index in [0.717, 1.165) is 6.42 Å². The molecule has 1 aliphatic heterocycles. The molecule has 10 heavy (non-hydrogen) atoms. The highest BCUT2D eigenvalue weighted by Gasteiger charge is 2.28. The van der Waals surface area contributed by atoms with Gasteiger partial charge in [-0.15, -0.1) is 11.6 Å². The molecule has 0 N–H and O–H groups in total. The number of hydrogen-bond donors (Lipinski definition) is 0. The monoisotopic (exact) mass is 164 g/mol. The van der Waals surface area contributed by atoms with Crippen LogP contribution in [0.15, 0.2) is 0 Å². The number of rotatable bonds is 1. The van der Waals surface area contributed by atoms with Gasteiger partial charge in [-0.1, -0.05) is 0 Å². The van der Waals surface area contributed by atoms with Gasteiger partial charge < -0.3 is 9.47 Å². The van der Waals surface area contributed by atoms with Crippen molar-refractivity contribution in [2.75, 3.05) is 6.61 Å². The zero-order chi connectivity index (χ0) is 7.56. The third-order valence-corrected chi connectivity index (χ3v) is 1.68. The van der Waals surface area contributed by atoms with E-state index >= 15 is 0 Å². The van der Waals surface area contributed by atoms with Crippen LogP contribution in [0.3, 0.4) is 0 Å². The standard InChI is InChI=1S/C6H9ClO3/c1-4(8)10-6-5(7)2-3-9-6/h5-6H,2-3H2,1H3/t5-,6+/m0/s1. The Morgan fingerprint density at radius 1 is 1.80 bits per heavy atom. The first-order valence-corrected chi connectivity index (χ1v) is 3.56. The number of ether oxygens (including phenoxy) is 2. The van der Waals surface area contributed by atoms with Gasteiger partial charge in [0.15, 0.2) is 0 Å². The zero-order valence-corrected chi connectivity index (χ0v) is 6.43. The van der Waals surface area contributed by atoms with Crippen LogP contribution in [0.25, 0.3) is 0 Å². The van der Waals surface area contributed by atoms with E-state index in [9.17, 15) is 4.79 Å². The summed E-state index contributed by atoms with van der Waals surface area (Å²) in [7, 11) is 0. The van der Waals surface area contributed by atoms with Crippen molar-refractivity contribution in [3.05, 3.63) is 0 Å². The summed E-state index contributed by atoms with van der Waals surface area (Å²) in [6.07, 6.45) is 0.221.